The number of ether oxygens (including phenoxy) is 1. The number of rotatable bonds is 4. The maximum absolute atomic E-state index is 12.2. The number of hydrogen-bond donors (Lipinski definition) is 3. The molecule has 1 spiro atoms. The zero-order chi connectivity index (χ0) is 20.6. The number of aryl methyl sites for hydroxylation is 1. The molecule has 2 saturated heterocycles. The summed E-state index contributed by atoms with van der Waals surface area (Å²) in [6.45, 7) is 7.81. The van der Waals surface area contributed by atoms with Gasteiger partial charge in [-0.25, -0.2) is 9.97 Å². The van der Waals surface area contributed by atoms with Crippen LogP contribution in [0.5, 0.6) is 0 Å². The van der Waals surface area contributed by atoms with Gasteiger partial charge in [0, 0.05) is 32.3 Å². The van der Waals surface area contributed by atoms with E-state index in [1.165, 1.54) is 0 Å². The summed E-state index contributed by atoms with van der Waals surface area (Å²) < 4.78 is 6.17. The molecule has 2 atom stereocenters. The maximum atomic E-state index is 12.2. The monoisotopic (exact) mass is 401 g/mol. The van der Waals surface area contributed by atoms with Crippen molar-refractivity contribution < 1.29 is 14.6 Å². The number of amides is 1. The number of aromatic nitrogens is 3. The van der Waals surface area contributed by atoms with Crippen molar-refractivity contribution in [3.8, 4) is 0 Å². The van der Waals surface area contributed by atoms with Crippen molar-refractivity contribution in [1.82, 2.24) is 20.3 Å². The Labute approximate surface area is 171 Å². The van der Waals surface area contributed by atoms with Crippen LogP contribution in [0.15, 0.2) is 12.3 Å². The van der Waals surface area contributed by atoms with Gasteiger partial charge >= 0.3 is 0 Å². The standard InChI is InChI=1S/C21H31N5O3/c1-4-5-16(27)25-20(3)9-13-29-21(19(20)28)7-11-26(12-8-21)18-17-15(6-10-22-17)23-14(2)24-18/h6,10,19,22,28H,4-5,7-9,11-13H2,1-3H3,(H,25,27)/t19-,20+/m1/s1. The highest BCUT2D eigenvalue weighted by Crippen LogP contribution is 2.41. The van der Waals surface area contributed by atoms with Crippen LogP contribution in [-0.2, 0) is 9.53 Å². The molecule has 0 saturated carbocycles. The quantitative estimate of drug-likeness (QED) is 0.725. The highest BCUT2D eigenvalue weighted by molar-refractivity contribution is 5.86. The molecule has 2 fully saturated rings. The molecule has 2 aromatic heterocycles. The van der Waals surface area contributed by atoms with E-state index in [1.54, 1.807) is 0 Å². The lowest BCUT2D eigenvalue weighted by Crippen LogP contribution is -2.69. The van der Waals surface area contributed by atoms with Crippen LogP contribution in [0.3, 0.4) is 0 Å². The molecule has 0 aliphatic carbocycles. The third-order valence-electron chi connectivity index (χ3n) is 6.42. The molecule has 4 heterocycles. The summed E-state index contributed by atoms with van der Waals surface area (Å²) in [4.78, 5) is 26.8. The Morgan fingerprint density at radius 2 is 2.14 bits per heavy atom. The number of nitrogens with zero attached hydrogens (tertiary/aromatic N) is 3. The Morgan fingerprint density at radius 1 is 1.38 bits per heavy atom. The van der Waals surface area contributed by atoms with Gasteiger partial charge in [0.05, 0.1) is 16.7 Å². The van der Waals surface area contributed by atoms with Crippen molar-refractivity contribution in [2.45, 2.75) is 70.1 Å². The molecule has 29 heavy (non-hydrogen) atoms. The Balaban J connectivity index is 1.51. The van der Waals surface area contributed by atoms with E-state index in [2.05, 4.69) is 25.2 Å². The van der Waals surface area contributed by atoms with Gasteiger partial charge in [0.25, 0.3) is 0 Å². The Morgan fingerprint density at radius 3 is 2.86 bits per heavy atom. The van der Waals surface area contributed by atoms with E-state index in [9.17, 15) is 9.90 Å². The Bertz CT molecular complexity index is 890. The SMILES string of the molecule is CCCC(=O)N[C@@]1(C)CCOC2(CCN(c3nc(C)nc4cc[nH]c34)CC2)[C@@H]1O. The molecule has 158 valence electrons. The molecule has 0 unspecified atom stereocenters. The number of anilines is 1. The summed E-state index contributed by atoms with van der Waals surface area (Å²) in [5.41, 5.74) is 0.548. The number of hydrogen-bond acceptors (Lipinski definition) is 6. The lowest BCUT2D eigenvalue weighted by atomic mass is 9.73. The topological polar surface area (TPSA) is 103 Å². The third-order valence-corrected chi connectivity index (χ3v) is 6.42. The second-order valence-electron chi connectivity index (χ2n) is 8.60. The average Bonchev–Trinajstić information content (AvgIpc) is 3.15. The second-order valence-corrected chi connectivity index (χ2v) is 8.60. The van der Waals surface area contributed by atoms with Gasteiger partial charge < -0.3 is 25.0 Å². The number of piperidine rings is 1. The number of H-pyrrole nitrogens is 1. The Hall–Kier alpha value is -2.19. The van der Waals surface area contributed by atoms with Crippen molar-refractivity contribution in [2.75, 3.05) is 24.6 Å². The zero-order valence-corrected chi connectivity index (χ0v) is 17.5. The Kier molecular flexibility index (Phi) is 5.25. The minimum atomic E-state index is -0.746. The molecule has 1 amide bonds. The highest BCUT2D eigenvalue weighted by Gasteiger charge is 2.53. The number of aliphatic hydroxyl groups is 1. The predicted molar refractivity (Wildman–Crippen MR) is 111 cm³/mol. The van der Waals surface area contributed by atoms with Gasteiger partial charge in [0.1, 0.15) is 17.4 Å². The van der Waals surface area contributed by atoms with Gasteiger partial charge in [-0.3, -0.25) is 4.79 Å². The number of fused-ring (bicyclic) bond motifs is 1. The molecule has 0 bridgehead atoms. The third kappa shape index (κ3) is 3.59. The molecule has 8 nitrogen and oxygen atoms in total. The molecular formula is C21H31N5O3. The fourth-order valence-electron chi connectivity index (χ4n) is 4.79. The first-order valence-electron chi connectivity index (χ1n) is 10.6. The van der Waals surface area contributed by atoms with E-state index in [0.717, 1.165) is 42.2 Å². The van der Waals surface area contributed by atoms with Crippen molar-refractivity contribution in [2.24, 2.45) is 0 Å². The normalized spacial score (nSPS) is 26.8. The van der Waals surface area contributed by atoms with Crippen LogP contribution >= 0.6 is 0 Å². The van der Waals surface area contributed by atoms with Gasteiger partial charge in [-0.05, 0) is 45.6 Å². The molecule has 4 rings (SSSR count). The number of aromatic amines is 1. The summed E-state index contributed by atoms with van der Waals surface area (Å²) in [5.74, 6) is 1.64. The van der Waals surface area contributed by atoms with Crippen LogP contribution in [0.25, 0.3) is 11.0 Å². The first-order chi connectivity index (χ1) is 13.9. The molecule has 8 heteroatoms. The lowest BCUT2D eigenvalue weighted by Gasteiger charge is -2.53. The first kappa shape index (κ1) is 20.1. The van der Waals surface area contributed by atoms with E-state index < -0.39 is 17.2 Å². The smallest absolute Gasteiger partial charge is 0.220 e. The summed E-state index contributed by atoms with van der Waals surface area (Å²) >= 11 is 0. The summed E-state index contributed by atoms with van der Waals surface area (Å²) in [6, 6.07) is 1.96. The van der Waals surface area contributed by atoms with Crippen LogP contribution in [-0.4, -0.2) is 62.9 Å². The molecular weight excluding hydrogens is 370 g/mol. The molecule has 0 radical (unpaired) electrons. The molecule has 3 N–H and O–H groups in total. The summed E-state index contributed by atoms with van der Waals surface area (Å²) in [7, 11) is 0. The van der Waals surface area contributed by atoms with E-state index in [-0.39, 0.29) is 5.91 Å². The van der Waals surface area contributed by atoms with Crippen LogP contribution in [0.4, 0.5) is 5.82 Å². The fourth-order valence-corrected chi connectivity index (χ4v) is 4.79. The van der Waals surface area contributed by atoms with E-state index >= 15 is 0 Å². The minimum Gasteiger partial charge on any atom is -0.388 e. The first-order valence-corrected chi connectivity index (χ1v) is 10.6. The highest BCUT2D eigenvalue weighted by atomic mass is 16.5. The summed E-state index contributed by atoms with van der Waals surface area (Å²) in [5, 5.41) is 14.4. The lowest BCUT2D eigenvalue weighted by molar-refractivity contribution is -0.198. The van der Waals surface area contributed by atoms with Gasteiger partial charge in [-0.15, -0.1) is 0 Å². The molecule has 2 aliphatic rings. The number of aliphatic hydroxyl groups excluding tert-OH is 1. The number of carbonyl (C=O) groups excluding carboxylic acids is 1. The zero-order valence-electron chi connectivity index (χ0n) is 17.5. The predicted octanol–water partition coefficient (Wildman–Crippen LogP) is 2.06. The van der Waals surface area contributed by atoms with Crippen LogP contribution in [0.2, 0.25) is 0 Å². The molecule has 2 aromatic rings. The molecule has 0 aromatic carbocycles. The number of carbonyl (C=O) groups is 1. The van der Waals surface area contributed by atoms with Crippen LogP contribution in [0, 0.1) is 6.92 Å². The van der Waals surface area contributed by atoms with Gasteiger partial charge in [-0.1, -0.05) is 6.92 Å². The largest absolute Gasteiger partial charge is 0.388 e. The fraction of sp³-hybridized carbons (Fsp3) is 0.667. The van der Waals surface area contributed by atoms with Crippen LogP contribution < -0.4 is 10.2 Å². The maximum Gasteiger partial charge on any atom is 0.220 e. The van der Waals surface area contributed by atoms with Crippen LogP contribution in [0.1, 0.15) is 51.8 Å². The van der Waals surface area contributed by atoms with E-state index in [4.69, 9.17) is 4.74 Å². The van der Waals surface area contributed by atoms with Gasteiger partial charge in [0.2, 0.25) is 5.91 Å². The number of nitrogens with one attached hydrogen (secondary N) is 2. The minimum absolute atomic E-state index is 0.00543. The van der Waals surface area contributed by atoms with Crippen molar-refractivity contribution in [3.05, 3.63) is 18.1 Å². The van der Waals surface area contributed by atoms with Crippen molar-refractivity contribution >= 4 is 22.8 Å². The van der Waals surface area contributed by atoms with Crippen molar-refractivity contribution in [3.63, 3.8) is 0 Å². The van der Waals surface area contributed by atoms with Gasteiger partial charge in [0.15, 0.2) is 5.82 Å². The van der Waals surface area contributed by atoms with Gasteiger partial charge in [-0.2, -0.15) is 0 Å². The summed E-state index contributed by atoms with van der Waals surface area (Å²) in [6.07, 6.45) is 4.38. The van der Waals surface area contributed by atoms with E-state index in [1.807, 2.05) is 33.0 Å². The second kappa shape index (κ2) is 7.57. The van der Waals surface area contributed by atoms with E-state index in [0.29, 0.717) is 32.3 Å². The van der Waals surface area contributed by atoms with Crippen molar-refractivity contribution in [1.29, 1.82) is 0 Å². The average molecular weight is 402 g/mol. The molecule has 2 aliphatic heterocycles.